The first-order chi connectivity index (χ1) is 16.1. The van der Waals surface area contributed by atoms with Crippen molar-refractivity contribution in [1.82, 2.24) is 0 Å². The molecule has 34 heavy (non-hydrogen) atoms. The molecule has 3 heteroatoms. The first kappa shape index (κ1) is 30.5. The molecule has 0 aliphatic heterocycles. The zero-order valence-corrected chi connectivity index (χ0v) is 24.0. The molecule has 0 heterocycles. The van der Waals surface area contributed by atoms with E-state index in [-0.39, 0.29) is 20.4 Å². The van der Waals surface area contributed by atoms with Crippen LogP contribution in [0.15, 0.2) is 46.4 Å². The Morgan fingerprint density at radius 2 is 0.941 bits per heavy atom. The summed E-state index contributed by atoms with van der Waals surface area (Å²) in [6.07, 6.45) is 12.2. The zero-order chi connectivity index (χ0) is 24.1. The van der Waals surface area contributed by atoms with Crippen LogP contribution < -0.4 is 0 Å². The van der Waals surface area contributed by atoms with Gasteiger partial charge in [-0.1, -0.05) is 72.9 Å². The zero-order valence-electron chi connectivity index (χ0n) is 22.5. The van der Waals surface area contributed by atoms with Gasteiger partial charge in [0.05, 0.1) is 22.8 Å². The quantitative estimate of drug-likeness (QED) is 0.127. The van der Waals surface area contributed by atoms with Crippen molar-refractivity contribution in [3.05, 3.63) is 58.7 Å². The van der Waals surface area contributed by atoms with Crippen molar-refractivity contribution in [2.24, 2.45) is 9.98 Å². The Morgan fingerprint density at radius 1 is 0.529 bits per heavy atom. The molecule has 0 aliphatic rings. The number of hydrogen-bond acceptors (Lipinski definition) is 2. The molecular formula is C31H46N2Pd. The van der Waals surface area contributed by atoms with E-state index in [0.29, 0.717) is 0 Å². The van der Waals surface area contributed by atoms with E-state index in [1.807, 2.05) is 0 Å². The van der Waals surface area contributed by atoms with Crippen molar-refractivity contribution in [3.8, 4) is 0 Å². The van der Waals surface area contributed by atoms with Crippen LogP contribution in [0.5, 0.6) is 0 Å². The van der Waals surface area contributed by atoms with Gasteiger partial charge in [0, 0.05) is 20.4 Å². The average molecular weight is 553 g/mol. The van der Waals surface area contributed by atoms with E-state index in [0.717, 1.165) is 56.3 Å². The van der Waals surface area contributed by atoms with Gasteiger partial charge in [0.1, 0.15) is 0 Å². The largest absolute Gasteiger partial charge is 0.252 e. The third kappa shape index (κ3) is 9.24. The minimum absolute atomic E-state index is 0. The van der Waals surface area contributed by atoms with Crippen molar-refractivity contribution < 1.29 is 20.4 Å². The van der Waals surface area contributed by atoms with Gasteiger partial charge in [-0.05, 0) is 97.9 Å². The fraction of sp³-hybridized carbons (Fsp3) is 0.548. The van der Waals surface area contributed by atoms with Crippen molar-refractivity contribution in [2.75, 3.05) is 0 Å². The van der Waals surface area contributed by atoms with E-state index in [4.69, 9.17) is 9.98 Å². The number of rotatable bonds is 14. The fourth-order valence-corrected chi connectivity index (χ4v) is 4.44. The molecule has 2 rings (SSSR count). The van der Waals surface area contributed by atoms with Gasteiger partial charge in [-0.2, -0.15) is 0 Å². The molecule has 0 N–H and O–H groups in total. The number of unbranched alkanes of at least 4 members (excludes halogenated alkanes) is 3. The molecule has 0 bridgehead atoms. The van der Waals surface area contributed by atoms with Crippen LogP contribution in [-0.4, -0.2) is 11.4 Å². The molecule has 0 atom stereocenters. The van der Waals surface area contributed by atoms with Crippen molar-refractivity contribution >= 4 is 22.8 Å². The van der Waals surface area contributed by atoms with Crippen LogP contribution in [0.2, 0.25) is 0 Å². The van der Waals surface area contributed by atoms with Crippen LogP contribution in [-0.2, 0) is 46.1 Å². The Hall–Kier alpha value is -1.56. The van der Waals surface area contributed by atoms with Crippen LogP contribution in [0.1, 0.15) is 109 Å². The summed E-state index contributed by atoms with van der Waals surface area (Å²) in [5.74, 6) is 0. The maximum absolute atomic E-state index is 5.23. The van der Waals surface area contributed by atoms with Gasteiger partial charge < -0.3 is 0 Å². The third-order valence-electron chi connectivity index (χ3n) is 6.55. The van der Waals surface area contributed by atoms with Gasteiger partial charge in [0.15, 0.2) is 0 Å². The molecule has 0 fully saturated rings. The first-order valence-corrected chi connectivity index (χ1v) is 13.5. The summed E-state index contributed by atoms with van der Waals surface area (Å²) >= 11 is 0. The minimum Gasteiger partial charge on any atom is -0.252 e. The van der Waals surface area contributed by atoms with E-state index in [1.165, 1.54) is 59.4 Å². The van der Waals surface area contributed by atoms with Crippen LogP contribution in [0.3, 0.4) is 0 Å². The Kier molecular flexibility index (Phi) is 15.2. The Balaban J connectivity index is 0.00000578. The van der Waals surface area contributed by atoms with Gasteiger partial charge in [0.2, 0.25) is 0 Å². The smallest absolute Gasteiger partial charge is 0.0636 e. The molecule has 2 nitrogen and oxygen atoms in total. The second-order valence-electron chi connectivity index (χ2n) is 9.00. The number of hydrogen-bond donors (Lipinski definition) is 0. The van der Waals surface area contributed by atoms with Gasteiger partial charge in [-0.3, -0.25) is 9.98 Å². The molecule has 0 saturated heterocycles. The Morgan fingerprint density at radius 3 is 1.32 bits per heavy atom. The van der Waals surface area contributed by atoms with Crippen molar-refractivity contribution in [3.63, 3.8) is 0 Å². The summed E-state index contributed by atoms with van der Waals surface area (Å²) < 4.78 is 0. The first-order valence-electron chi connectivity index (χ1n) is 13.5. The van der Waals surface area contributed by atoms with E-state index >= 15 is 0 Å². The van der Waals surface area contributed by atoms with Gasteiger partial charge >= 0.3 is 0 Å². The van der Waals surface area contributed by atoms with E-state index in [2.05, 4.69) is 77.9 Å². The molecule has 2 aromatic rings. The van der Waals surface area contributed by atoms with E-state index < -0.39 is 0 Å². The summed E-state index contributed by atoms with van der Waals surface area (Å²) in [5, 5.41) is 0. The molecule has 2 aromatic carbocycles. The van der Waals surface area contributed by atoms with Gasteiger partial charge in [0.25, 0.3) is 0 Å². The number of aryl methyl sites for hydroxylation is 4. The number of aliphatic imine (C=N–C) groups is 2. The molecule has 0 saturated carbocycles. The van der Waals surface area contributed by atoms with Crippen LogP contribution >= 0.6 is 0 Å². The molecule has 0 aromatic heterocycles. The molecule has 0 radical (unpaired) electrons. The standard InChI is InChI=1S/C31H46N2.Pd/c1-7-13-15-17-31(33-29-21-19-25(10-4)27(12-6)23-29)30(16-14-8-2)32-28-20-18-24(9-3)26(11-5)22-28;/h18-23H,7-17H2,1-6H3;. The SMILES string of the molecule is CCCCCC(=Nc1ccc(CC)c(CC)c1)C(CCCC)=Nc1ccc(CC)c(CC)c1.[Pd]. The van der Waals surface area contributed by atoms with Crippen LogP contribution in [0, 0.1) is 0 Å². The molecule has 190 valence electrons. The summed E-state index contributed by atoms with van der Waals surface area (Å²) in [7, 11) is 0. The minimum atomic E-state index is 0. The van der Waals surface area contributed by atoms with Crippen molar-refractivity contribution in [1.29, 1.82) is 0 Å². The Bertz CT molecular complexity index is 927. The van der Waals surface area contributed by atoms with Gasteiger partial charge in [-0.25, -0.2) is 0 Å². The fourth-order valence-electron chi connectivity index (χ4n) is 4.44. The third-order valence-corrected chi connectivity index (χ3v) is 6.55. The summed E-state index contributed by atoms with van der Waals surface area (Å²) in [6, 6.07) is 13.5. The molecule has 0 unspecified atom stereocenters. The molecular weight excluding hydrogens is 507 g/mol. The summed E-state index contributed by atoms with van der Waals surface area (Å²) in [4.78, 5) is 10.4. The summed E-state index contributed by atoms with van der Waals surface area (Å²) in [6.45, 7) is 13.5. The van der Waals surface area contributed by atoms with Crippen molar-refractivity contribution in [2.45, 2.75) is 112 Å². The maximum Gasteiger partial charge on any atom is 0.0636 e. The number of nitrogens with zero attached hydrogens (tertiary/aromatic N) is 2. The van der Waals surface area contributed by atoms with Crippen LogP contribution in [0.25, 0.3) is 0 Å². The normalized spacial score (nSPS) is 12.1. The number of benzene rings is 2. The molecule has 0 aliphatic carbocycles. The second-order valence-corrected chi connectivity index (χ2v) is 9.00. The average Bonchev–Trinajstić information content (AvgIpc) is 2.85. The van der Waals surface area contributed by atoms with Gasteiger partial charge in [-0.15, -0.1) is 0 Å². The topological polar surface area (TPSA) is 24.7 Å². The molecule has 0 amide bonds. The molecule has 0 spiro atoms. The van der Waals surface area contributed by atoms with E-state index in [9.17, 15) is 0 Å². The van der Waals surface area contributed by atoms with Crippen LogP contribution in [0.4, 0.5) is 11.4 Å². The Labute approximate surface area is 223 Å². The van der Waals surface area contributed by atoms with E-state index in [1.54, 1.807) is 0 Å². The monoisotopic (exact) mass is 552 g/mol. The predicted octanol–water partition coefficient (Wildman–Crippen LogP) is 9.55. The maximum atomic E-state index is 5.23. The predicted molar refractivity (Wildman–Crippen MR) is 148 cm³/mol. The second kappa shape index (κ2) is 17.0. The summed E-state index contributed by atoms with van der Waals surface area (Å²) in [5.41, 5.74) is 10.2.